The number of carbonyl (C=O) groups is 2. The molecule has 0 atom stereocenters. The highest BCUT2D eigenvalue weighted by Gasteiger charge is 2.16. The van der Waals surface area contributed by atoms with E-state index in [1.165, 1.54) is 36.7 Å². The number of nitrogens with zero attached hydrogens (tertiary/aromatic N) is 1. The third kappa shape index (κ3) is 5.00. The van der Waals surface area contributed by atoms with Crippen molar-refractivity contribution in [2.75, 3.05) is 4.72 Å². The van der Waals surface area contributed by atoms with Gasteiger partial charge in [-0.3, -0.25) is 30.1 Å². The van der Waals surface area contributed by atoms with E-state index in [0.29, 0.717) is 5.69 Å². The Kier molecular flexibility index (Phi) is 6.12. The molecule has 30 heavy (non-hydrogen) atoms. The average molecular weight is 424 g/mol. The van der Waals surface area contributed by atoms with Crippen LogP contribution in [0.15, 0.2) is 71.9 Å². The van der Waals surface area contributed by atoms with Crippen LogP contribution in [0.1, 0.15) is 31.8 Å². The number of anilines is 1. The van der Waals surface area contributed by atoms with Gasteiger partial charge in [-0.2, -0.15) is 0 Å². The van der Waals surface area contributed by atoms with E-state index < -0.39 is 21.8 Å². The summed E-state index contributed by atoms with van der Waals surface area (Å²) in [6.45, 7) is 3.84. The van der Waals surface area contributed by atoms with Crippen LogP contribution in [-0.4, -0.2) is 25.2 Å². The fourth-order valence-corrected chi connectivity index (χ4v) is 3.61. The van der Waals surface area contributed by atoms with E-state index in [9.17, 15) is 18.0 Å². The molecule has 0 saturated carbocycles. The maximum absolute atomic E-state index is 12.6. The first-order chi connectivity index (χ1) is 14.3. The van der Waals surface area contributed by atoms with Crippen molar-refractivity contribution in [2.24, 2.45) is 0 Å². The number of rotatable bonds is 5. The Bertz CT molecular complexity index is 1180. The Morgan fingerprint density at radius 1 is 0.833 bits per heavy atom. The molecule has 0 fully saturated rings. The molecule has 1 aromatic heterocycles. The van der Waals surface area contributed by atoms with Crippen molar-refractivity contribution in [1.82, 2.24) is 15.8 Å². The van der Waals surface area contributed by atoms with Gasteiger partial charge >= 0.3 is 0 Å². The number of hydrazine groups is 1. The van der Waals surface area contributed by atoms with Gasteiger partial charge in [0.05, 0.1) is 10.5 Å². The standard InChI is InChI=1S/C21H20N4O4S/c1-14-5-8-18(12-15(14)2)25-30(28,29)19-9-6-16(7-10-19)20(26)23-24-21(27)17-4-3-11-22-13-17/h3-13,25H,1-2H3,(H,23,26)(H,24,27). The first-order valence-electron chi connectivity index (χ1n) is 8.97. The third-order valence-corrected chi connectivity index (χ3v) is 5.80. The summed E-state index contributed by atoms with van der Waals surface area (Å²) in [6.07, 6.45) is 2.89. The van der Waals surface area contributed by atoms with Crippen molar-refractivity contribution in [1.29, 1.82) is 0 Å². The quantitative estimate of drug-likeness (QED) is 0.544. The highest BCUT2D eigenvalue weighted by molar-refractivity contribution is 7.92. The van der Waals surface area contributed by atoms with Crippen molar-refractivity contribution >= 4 is 27.5 Å². The van der Waals surface area contributed by atoms with E-state index in [1.807, 2.05) is 19.9 Å². The van der Waals surface area contributed by atoms with E-state index in [0.717, 1.165) is 11.1 Å². The SMILES string of the molecule is Cc1ccc(NS(=O)(=O)c2ccc(C(=O)NNC(=O)c3cccnc3)cc2)cc1C. The molecular formula is C21H20N4O4S. The Balaban J connectivity index is 1.65. The van der Waals surface area contributed by atoms with Gasteiger partial charge in [0.15, 0.2) is 0 Å². The average Bonchev–Trinajstić information content (AvgIpc) is 2.75. The zero-order valence-corrected chi connectivity index (χ0v) is 17.2. The van der Waals surface area contributed by atoms with Gasteiger partial charge in [-0.05, 0) is 73.5 Å². The number of sulfonamides is 1. The molecule has 2 amide bonds. The fourth-order valence-electron chi connectivity index (χ4n) is 2.56. The van der Waals surface area contributed by atoms with Crippen LogP contribution in [0, 0.1) is 13.8 Å². The summed E-state index contributed by atoms with van der Waals surface area (Å²) in [7, 11) is -3.81. The molecule has 3 N–H and O–H groups in total. The molecule has 0 spiro atoms. The normalized spacial score (nSPS) is 10.9. The van der Waals surface area contributed by atoms with Gasteiger partial charge in [-0.15, -0.1) is 0 Å². The second-order valence-corrected chi connectivity index (χ2v) is 8.26. The minimum atomic E-state index is -3.81. The molecule has 0 aliphatic rings. The van der Waals surface area contributed by atoms with Crippen molar-refractivity contribution in [3.63, 3.8) is 0 Å². The second-order valence-electron chi connectivity index (χ2n) is 6.58. The van der Waals surface area contributed by atoms with E-state index in [1.54, 1.807) is 24.3 Å². The molecule has 0 radical (unpaired) electrons. The predicted octanol–water partition coefficient (Wildman–Crippen LogP) is 2.57. The Morgan fingerprint density at radius 2 is 1.50 bits per heavy atom. The number of nitrogens with one attached hydrogen (secondary N) is 3. The van der Waals surface area contributed by atoms with Crippen LogP contribution in [0.25, 0.3) is 0 Å². The summed E-state index contributed by atoms with van der Waals surface area (Å²) < 4.78 is 27.7. The monoisotopic (exact) mass is 424 g/mol. The van der Waals surface area contributed by atoms with Crippen LogP contribution < -0.4 is 15.6 Å². The zero-order chi connectivity index (χ0) is 21.7. The molecular weight excluding hydrogens is 404 g/mol. The molecule has 2 aromatic carbocycles. The lowest BCUT2D eigenvalue weighted by Crippen LogP contribution is -2.41. The predicted molar refractivity (Wildman–Crippen MR) is 112 cm³/mol. The Labute approximate surface area is 174 Å². The van der Waals surface area contributed by atoms with Gasteiger partial charge in [0, 0.05) is 23.6 Å². The van der Waals surface area contributed by atoms with Gasteiger partial charge in [-0.25, -0.2) is 8.42 Å². The van der Waals surface area contributed by atoms with Crippen LogP contribution in [0.3, 0.4) is 0 Å². The van der Waals surface area contributed by atoms with Gasteiger partial charge < -0.3 is 0 Å². The summed E-state index contributed by atoms with van der Waals surface area (Å²) in [5, 5.41) is 0. The minimum absolute atomic E-state index is 0.0108. The first kappa shape index (κ1) is 21.0. The van der Waals surface area contributed by atoms with Crippen LogP contribution >= 0.6 is 0 Å². The maximum atomic E-state index is 12.6. The molecule has 154 valence electrons. The summed E-state index contributed by atoms with van der Waals surface area (Å²) in [4.78, 5) is 28.0. The van der Waals surface area contributed by atoms with Gasteiger partial charge in [0.1, 0.15) is 0 Å². The number of amides is 2. The van der Waals surface area contributed by atoms with E-state index in [-0.39, 0.29) is 16.0 Å². The van der Waals surface area contributed by atoms with Crippen molar-refractivity contribution in [3.05, 3.63) is 89.2 Å². The molecule has 1 heterocycles. The number of carbonyl (C=O) groups excluding carboxylic acids is 2. The summed E-state index contributed by atoms with van der Waals surface area (Å²) >= 11 is 0. The van der Waals surface area contributed by atoms with Crippen molar-refractivity contribution < 1.29 is 18.0 Å². The van der Waals surface area contributed by atoms with Crippen molar-refractivity contribution in [2.45, 2.75) is 18.7 Å². The lowest BCUT2D eigenvalue weighted by atomic mass is 10.1. The molecule has 0 saturated heterocycles. The summed E-state index contributed by atoms with van der Waals surface area (Å²) in [6, 6.07) is 13.8. The largest absolute Gasteiger partial charge is 0.280 e. The van der Waals surface area contributed by atoms with E-state index >= 15 is 0 Å². The molecule has 3 aromatic rings. The lowest BCUT2D eigenvalue weighted by molar-refractivity contribution is 0.0846. The zero-order valence-electron chi connectivity index (χ0n) is 16.3. The third-order valence-electron chi connectivity index (χ3n) is 4.40. The number of aryl methyl sites for hydroxylation is 2. The number of hydrogen-bond acceptors (Lipinski definition) is 5. The minimum Gasteiger partial charge on any atom is -0.280 e. The number of aromatic nitrogens is 1. The summed E-state index contributed by atoms with van der Waals surface area (Å²) in [5.41, 5.74) is 7.51. The molecule has 8 nitrogen and oxygen atoms in total. The molecule has 0 aliphatic carbocycles. The summed E-state index contributed by atoms with van der Waals surface area (Å²) in [5.74, 6) is -1.11. The highest BCUT2D eigenvalue weighted by Crippen LogP contribution is 2.19. The molecule has 0 aliphatic heterocycles. The molecule has 0 bridgehead atoms. The van der Waals surface area contributed by atoms with Crippen LogP contribution in [0.4, 0.5) is 5.69 Å². The Morgan fingerprint density at radius 3 is 2.10 bits per heavy atom. The fraction of sp³-hybridized carbons (Fsp3) is 0.0952. The lowest BCUT2D eigenvalue weighted by Gasteiger charge is -2.11. The van der Waals surface area contributed by atoms with Gasteiger partial charge in [0.2, 0.25) is 0 Å². The number of benzene rings is 2. The van der Waals surface area contributed by atoms with E-state index in [4.69, 9.17) is 0 Å². The maximum Gasteiger partial charge on any atom is 0.271 e. The smallest absolute Gasteiger partial charge is 0.271 e. The van der Waals surface area contributed by atoms with Crippen LogP contribution in [0.5, 0.6) is 0 Å². The van der Waals surface area contributed by atoms with Gasteiger partial charge in [0.25, 0.3) is 21.8 Å². The van der Waals surface area contributed by atoms with Crippen LogP contribution in [0.2, 0.25) is 0 Å². The molecule has 3 rings (SSSR count). The van der Waals surface area contributed by atoms with E-state index in [2.05, 4.69) is 20.6 Å². The van der Waals surface area contributed by atoms with Crippen LogP contribution in [-0.2, 0) is 10.0 Å². The van der Waals surface area contributed by atoms with Gasteiger partial charge in [-0.1, -0.05) is 6.07 Å². The highest BCUT2D eigenvalue weighted by atomic mass is 32.2. The molecule has 0 unspecified atom stereocenters. The molecule has 9 heteroatoms. The second kappa shape index (κ2) is 8.75. The first-order valence-corrected chi connectivity index (χ1v) is 10.5. The number of hydrogen-bond donors (Lipinski definition) is 3. The van der Waals surface area contributed by atoms with Crippen molar-refractivity contribution in [3.8, 4) is 0 Å². The Hall–Kier alpha value is -3.72. The number of pyridine rings is 1. The topological polar surface area (TPSA) is 117 Å².